The van der Waals surface area contributed by atoms with E-state index in [-0.39, 0.29) is 18.6 Å². The number of carbonyl (C=O) groups excluding carboxylic acids is 1. The molecule has 1 amide bonds. The van der Waals surface area contributed by atoms with Crippen molar-refractivity contribution in [2.24, 2.45) is 11.0 Å². The van der Waals surface area contributed by atoms with Crippen LogP contribution in [0.1, 0.15) is 48.2 Å². The van der Waals surface area contributed by atoms with Crippen LogP contribution in [0.4, 0.5) is 0 Å². The molecule has 1 N–H and O–H groups in total. The first-order valence-electron chi connectivity index (χ1n) is 12.2. The number of fused-ring (bicyclic) bond motifs is 2. The Kier molecular flexibility index (Phi) is 6.67. The minimum absolute atomic E-state index is 0.120. The second-order valence-electron chi connectivity index (χ2n) is 9.44. The van der Waals surface area contributed by atoms with Crippen molar-refractivity contribution in [1.82, 2.24) is 10.4 Å². The van der Waals surface area contributed by atoms with Crippen molar-refractivity contribution in [2.45, 2.75) is 33.1 Å². The van der Waals surface area contributed by atoms with Gasteiger partial charge in [-0.15, -0.1) is 0 Å². The maximum Gasteiger partial charge on any atom is 0.272 e. The van der Waals surface area contributed by atoms with Crippen LogP contribution in [0.2, 0.25) is 0 Å². The number of nitrogens with one attached hydrogen (secondary N) is 1. The first-order chi connectivity index (χ1) is 17.5. The topological polar surface area (TPSA) is 72.8 Å². The molecule has 5 rings (SSSR count). The molecule has 0 fully saturated rings. The van der Waals surface area contributed by atoms with E-state index in [9.17, 15) is 4.79 Å². The summed E-state index contributed by atoms with van der Waals surface area (Å²) in [6, 6.07) is 23.8. The van der Waals surface area contributed by atoms with Gasteiger partial charge in [0.25, 0.3) is 5.91 Å². The molecule has 0 spiro atoms. The zero-order valence-electron chi connectivity index (χ0n) is 20.7. The molecule has 1 aliphatic rings. The van der Waals surface area contributed by atoms with Gasteiger partial charge >= 0.3 is 0 Å². The quantitative estimate of drug-likeness (QED) is 0.248. The average Bonchev–Trinajstić information content (AvgIpc) is 3.36. The minimum Gasteiger partial charge on any atom is -0.454 e. The molecule has 2 heterocycles. The number of carbonyl (C=O) groups is 1. The maximum atomic E-state index is 13.2. The van der Waals surface area contributed by atoms with Gasteiger partial charge in [-0.25, -0.2) is 10.4 Å². The number of pyridine rings is 1. The fourth-order valence-electron chi connectivity index (χ4n) is 4.33. The Labute approximate surface area is 211 Å². The highest BCUT2D eigenvalue weighted by atomic mass is 16.7. The second-order valence-corrected chi connectivity index (χ2v) is 9.44. The van der Waals surface area contributed by atoms with Gasteiger partial charge in [0, 0.05) is 17.2 Å². The van der Waals surface area contributed by atoms with E-state index < -0.39 is 0 Å². The van der Waals surface area contributed by atoms with Crippen LogP contribution in [0, 0.1) is 5.92 Å². The van der Waals surface area contributed by atoms with E-state index in [2.05, 4.69) is 55.6 Å². The molecule has 4 aromatic rings. The van der Waals surface area contributed by atoms with Crippen LogP contribution < -0.4 is 14.9 Å². The van der Waals surface area contributed by atoms with E-state index in [1.165, 1.54) is 5.56 Å². The summed E-state index contributed by atoms with van der Waals surface area (Å²) >= 11 is 0. The molecule has 36 heavy (non-hydrogen) atoms. The lowest BCUT2D eigenvalue weighted by atomic mass is 9.99. The first-order valence-corrected chi connectivity index (χ1v) is 12.2. The van der Waals surface area contributed by atoms with Crippen LogP contribution in [0.15, 0.2) is 77.9 Å². The van der Waals surface area contributed by atoms with Crippen LogP contribution >= 0.6 is 0 Å². The normalized spacial score (nSPS) is 13.4. The highest BCUT2D eigenvalue weighted by Crippen LogP contribution is 2.33. The SMILES string of the molecule is CC(C)c1ccc(-c2cc(C(=O)N/N=C\[C@@H](C)Cc3ccc4c(c3)OCO4)c3ccccc3n2)cc1. The number of para-hydroxylation sites is 1. The van der Waals surface area contributed by atoms with Crippen molar-refractivity contribution >= 4 is 23.0 Å². The van der Waals surface area contributed by atoms with E-state index in [1.807, 2.05) is 48.5 Å². The third-order valence-corrected chi connectivity index (χ3v) is 6.32. The van der Waals surface area contributed by atoms with Gasteiger partial charge in [-0.05, 0) is 53.6 Å². The van der Waals surface area contributed by atoms with Gasteiger partial charge in [-0.2, -0.15) is 5.10 Å². The highest BCUT2D eigenvalue weighted by molar-refractivity contribution is 6.07. The van der Waals surface area contributed by atoms with Crippen LogP contribution in [0.3, 0.4) is 0 Å². The number of amides is 1. The Morgan fingerprint density at radius 1 is 1.00 bits per heavy atom. The van der Waals surface area contributed by atoms with Crippen molar-refractivity contribution in [3.05, 3.63) is 89.5 Å². The summed E-state index contributed by atoms with van der Waals surface area (Å²) in [5.41, 5.74) is 8.15. The molecule has 6 nitrogen and oxygen atoms in total. The molecular formula is C30H29N3O3. The van der Waals surface area contributed by atoms with E-state index in [4.69, 9.17) is 14.5 Å². The summed E-state index contributed by atoms with van der Waals surface area (Å²) in [6.07, 6.45) is 2.53. The number of aromatic nitrogens is 1. The zero-order chi connectivity index (χ0) is 25.1. The average molecular weight is 480 g/mol. The van der Waals surface area contributed by atoms with E-state index in [0.717, 1.165) is 45.6 Å². The summed E-state index contributed by atoms with van der Waals surface area (Å²) in [7, 11) is 0. The van der Waals surface area contributed by atoms with Crippen LogP contribution in [0.25, 0.3) is 22.2 Å². The number of nitrogens with zero attached hydrogens (tertiary/aromatic N) is 2. The van der Waals surface area contributed by atoms with Gasteiger partial charge in [0.1, 0.15) is 0 Å². The Hall–Kier alpha value is -4.19. The van der Waals surface area contributed by atoms with E-state index >= 15 is 0 Å². The second kappa shape index (κ2) is 10.2. The monoisotopic (exact) mass is 479 g/mol. The first kappa shape index (κ1) is 23.5. The fourth-order valence-corrected chi connectivity index (χ4v) is 4.33. The van der Waals surface area contributed by atoms with Crippen molar-refractivity contribution < 1.29 is 14.3 Å². The standard InChI is InChI=1S/C30H29N3O3/c1-19(2)22-9-11-23(12-10-22)27-16-25(24-6-4-5-7-26(24)32-27)30(34)33-31-17-20(3)14-21-8-13-28-29(15-21)36-18-35-28/h4-13,15-17,19-20H,14,18H2,1-3H3,(H,33,34)/b31-17-/t20-/m0/s1. The highest BCUT2D eigenvalue weighted by Gasteiger charge is 2.15. The molecule has 0 saturated heterocycles. The molecule has 1 aliphatic heterocycles. The van der Waals surface area contributed by atoms with Gasteiger partial charge in [-0.3, -0.25) is 4.79 Å². The van der Waals surface area contributed by atoms with Crippen LogP contribution in [-0.2, 0) is 6.42 Å². The molecule has 0 aliphatic carbocycles. The minimum atomic E-state index is -0.264. The van der Waals surface area contributed by atoms with Crippen molar-refractivity contribution in [3.63, 3.8) is 0 Å². The third-order valence-electron chi connectivity index (χ3n) is 6.32. The van der Waals surface area contributed by atoms with Gasteiger partial charge in [-0.1, -0.05) is 69.3 Å². The number of hydrogen-bond acceptors (Lipinski definition) is 5. The number of rotatable bonds is 7. The summed E-state index contributed by atoms with van der Waals surface area (Å²) in [4.78, 5) is 18.0. The van der Waals surface area contributed by atoms with Gasteiger partial charge < -0.3 is 9.47 Å². The Morgan fingerprint density at radius 3 is 2.58 bits per heavy atom. The zero-order valence-corrected chi connectivity index (χ0v) is 20.7. The lowest BCUT2D eigenvalue weighted by Gasteiger charge is -2.11. The van der Waals surface area contributed by atoms with Crippen molar-refractivity contribution in [1.29, 1.82) is 0 Å². The molecule has 6 heteroatoms. The molecular weight excluding hydrogens is 450 g/mol. The van der Waals surface area contributed by atoms with Crippen LogP contribution in [-0.4, -0.2) is 23.9 Å². The Morgan fingerprint density at radius 2 is 1.78 bits per heavy atom. The lowest BCUT2D eigenvalue weighted by Crippen LogP contribution is -2.19. The molecule has 0 bridgehead atoms. The number of ether oxygens (including phenoxy) is 2. The largest absolute Gasteiger partial charge is 0.454 e. The summed E-state index contributed by atoms with van der Waals surface area (Å²) in [5.74, 6) is 1.85. The van der Waals surface area contributed by atoms with Crippen molar-refractivity contribution in [3.8, 4) is 22.8 Å². The fraction of sp³-hybridized carbons (Fsp3) is 0.233. The molecule has 0 radical (unpaired) electrons. The van der Waals surface area contributed by atoms with E-state index in [0.29, 0.717) is 11.5 Å². The molecule has 1 atom stereocenters. The van der Waals surface area contributed by atoms with Crippen LogP contribution in [0.5, 0.6) is 11.5 Å². The molecule has 0 unspecified atom stereocenters. The Bertz CT molecular complexity index is 1430. The predicted octanol–water partition coefficient (Wildman–Crippen LogP) is 6.35. The number of benzene rings is 3. The molecule has 1 aromatic heterocycles. The molecule has 3 aromatic carbocycles. The summed E-state index contributed by atoms with van der Waals surface area (Å²) in [6.45, 7) is 6.65. The van der Waals surface area contributed by atoms with E-state index in [1.54, 1.807) is 6.21 Å². The Balaban J connectivity index is 1.33. The summed E-state index contributed by atoms with van der Waals surface area (Å²) < 4.78 is 10.8. The number of hydrogen-bond donors (Lipinski definition) is 1. The number of hydrazone groups is 1. The van der Waals surface area contributed by atoms with Crippen molar-refractivity contribution in [2.75, 3.05) is 6.79 Å². The lowest BCUT2D eigenvalue weighted by molar-refractivity contribution is 0.0956. The maximum absolute atomic E-state index is 13.2. The predicted molar refractivity (Wildman–Crippen MR) is 143 cm³/mol. The molecule has 0 saturated carbocycles. The third kappa shape index (κ3) is 5.08. The summed E-state index contributed by atoms with van der Waals surface area (Å²) in [5, 5.41) is 5.05. The van der Waals surface area contributed by atoms with Gasteiger partial charge in [0.15, 0.2) is 11.5 Å². The smallest absolute Gasteiger partial charge is 0.272 e. The van der Waals surface area contributed by atoms with Gasteiger partial charge in [0.05, 0.1) is 16.8 Å². The molecule has 182 valence electrons. The van der Waals surface area contributed by atoms with Gasteiger partial charge in [0.2, 0.25) is 6.79 Å².